The van der Waals surface area contributed by atoms with Crippen molar-refractivity contribution in [2.75, 3.05) is 12.4 Å². The number of anilines is 1. The largest absolute Gasteiger partial charge is 0.497 e. The molecule has 1 aromatic carbocycles. The Labute approximate surface area is 180 Å². The van der Waals surface area contributed by atoms with Crippen LogP contribution in [0.2, 0.25) is 5.02 Å². The fourth-order valence-corrected chi connectivity index (χ4v) is 3.68. The molecule has 2 aromatic heterocycles. The summed E-state index contributed by atoms with van der Waals surface area (Å²) in [4.78, 5) is 12.6. The van der Waals surface area contributed by atoms with E-state index in [1.807, 2.05) is 0 Å². The van der Waals surface area contributed by atoms with Crippen molar-refractivity contribution in [3.63, 3.8) is 0 Å². The molecule has 0 fully saturated rings. The fraction of sp³-hybridized carbons (Fsp3) is 0.300. The number of aromatic nitrogens is 2. The van der Waals surface area contributed by atoms with Gasteiger partial charge in [0, 0.05) is 13.0 Å². The van der Waals surface area contributed by atoms with E-state index in [0.29, 0.717) is 11.5 Å². The summed E-state index contributed by atoms with van der Waals surface area (Å²) in [5.74, 6) is 0.241. The minimum absolute atomic E-state index is 0.0776. The predicted molar refractivity (Wildman–Crippen MR) is 106 cm³/mol. The average molecular weight is 455 g/mol. The number of fused-ring (bicyclic) bond motifs is 1. The van der Waals surface area contributed by atoms with Crippen molar-refractivity contribution in [2.45, 2.75) is 31.2 Å². The van der Waals surface area contributed by atoms with Crippen molar-refractivity contribution in [1.29, 1.82) is 0 Å². The molecule has 7 nitrogen and oxygen atoms in total. The minimum Gasteiger partial charge on any atom is -0.497 e. The number of nitrogens with one attached hydrogen (secondary N) is 2. The number of furan rings is 1. The highest BCUT2D eigenvalue weighted by molar-refractivity contribution is 6.36. The SMILES string of the molecule is COc1ccc(CNC(=O)c2nn3c(c2Cl)NC(c2ccco2)CC3C(F)(F)F)cc1. The van der Waals surface area contributed by atoms with Gasteiger partial charge in [-0.2, -0.15) is 18.3 Å². The zero-order valence-electron chi connectivity index (χ0n) is 16.2. The van der Waals surface area contributed by atoms with Gasteiger partial charge in [-0.05, 0) is 29.8 Å². The molecule has 0 bridgehead atoms. The van der Waals surface area contributed by atoms with Gasteiger partial charge < -0.3 is 19.8 Å². The van der Waals surface area contributed by atoms with Gasteiger partial charge in [0.2, 0.25) is 0 Å². The van der Waals surface area contributed by atoms with E-state index in [1.54, 1.807) is 36.4 Å². The van der Waals surface area contributed by atoms with Gasteiger partial charge in [-0.3, -0.25) is 4.79 Å². The lowest BCUT2D eigenvalue weighted by atomic mass is 10.0. The molecule has 2 unspecified atom stereocenters. The third-order valence-corrected chi connectivity index (χ3v) is 5.37. The van der Waals surface area contributed by atoms with Gasteiger partial charge in [0.25, 0.3) is 5.91 Å². The van der Waals surface area contributed by atoms with Crippen LogP contribution >= 0.6 is 11.6 Å². The van der Waals surface area contributed by atoms with Crippen molar-refractivity contribution < 1.29 is 27.1 Å². The molecule has 3 heterocycles. The van der Waals surface area contributed by atoms with Crippen molar-refractivity contribution in [3.8, 4) is 5.75 Å². The first-order chi connectivity index (χ1) is 14.8. The van der Waals surface area contributed by atoms with Crippen molar-refractivity contribution in [3.05, 3.63) is 64.7 Å². The molecule has 3 aromatic rings. The smallest absolute Gasteiger partial charge is 0.410 e. The topological polar surface area (TPSA) is 81.3 Å². The molecule has 31 heavy (non-hydrogen) atoms. The van der Waals surface area contributed by atoms with Crippen LogP contribution in [0.3, 0.4) is 0 Å². The standard InChI is InChI=1S/C20H18ClF3N4O3/c1-30-12-6-4-11(5-7-12)10-25-19(29)17-16(21)18-26-13(14-3-2-8-31-14)9-15(20(22,23)24)28(18)27-17/h2-8,13,15,26H,9-10H2,1H3,(H,25,29). The molecule has 1 amide bonds. The van der Waals surface area contributed by atoms with Crippen molar-refractivity contribution >= 4 is 23.3 Å². The van der Waals surface area contributed by atoms with Crippen LogP contribution in [0.4, 0.5) is 19.0 Å². The average Bonchev–Trinajstić information content (AvgIpc) is 3.40. The number of methoxy groups -OCH3 is 1. The summed E-state index contributed by atoms with van der Waals surface area (Å²) in [6, 6.07) is 7.42. The molecule has 0 spiro atoms. The Balaban J connectivity index is 1.58. The van der Waals surface area contributed by atoms with Gasteiger partial charge in [0.05, 0.1) is 19.4 Å². The molecule has 2 N–H and O–H groups in total. The quantitative estimate of drug-likeness (QED) is 0.582. The summed E-state index contributed by atoms with van der Waals surface area (Å²) in [7, 11) is 1.54. The van der Waals surface area contributed by atoms with Crippen LogP contribution in [0.15, 0.2) is 47.1 Å². The molecule has 11 heteroatoms. The van der Waals surface area contributed by atoms with E-state index in [2.05, 4.69) is 15.7 Å². The third-order valence-electron chi connectivity index (χ3n) is 5.01. The Kier molecular flexibility index (Phi) is 5.57. The number of hydrogen-bond acceptors (Lipinski definition) is 5. The van der Waals surface area contributed by atoms with E-state index in [0.717, 1.165) is 10.2 Å². The Bertz CT molecular complexity index is 1060. The number of amides is 1. The van der Waals surface area contributed by atoms with Crippen molar-refractivity contribution in [1.82, 2.24) is 15.1 Å². The lowest BCUT2D eigenvalue weighted by Crippen LogP contribution is -2.35. The van der Waals surface area contributed by atoms with Crippen LogP contribution in [0.1, 0.15) is 40.3 Å². The number of halogens is 4. The van der Waals surface area contributed by atoms with Gasteiger partial charge >= 0.3 is 6.18 Å². The maximum absolute atomic E-state index is 13.7. The molecule has 0 saturated carbocycles. The van der Waals surface area contributed by atoms with E-state index < -0.39 is 24.2 Å². The lowest BCUT2D eigenvalue weighted by molar-refractivity contribution is -0.174. The number of hydrogen-bond donors (Lipinski definition) is 2. The second kappa shape index (κ2) is 8.18. The summed E-state index contributed by atoms with van der Waals surface area (Å²) in [5, 5.41) is 9.25. The lowest BCUT2D eigenvalue weighted by Gasteiger charge is -2.32. The van der Waals surface area contributed by atoms with Gasteiger partial charge in [-0.15, -0.1) is 0 Å². The fourth-order valence-electron chi connectivity index (χ4n) is 3.42. The predicted octanol–water partition coefficient (Wildman–Crippen LogP) is 4.73. The summed E-state index contributed by atoms with van der Waals surface area (Å²) in [5.41, 5.74) is 0.491. The third kappa shape index (κ3) is 4.20. The molecule has 1 aliphatic heterocycles. The zero-order valence-corrected chi connectivity index (χ0v) is 17.0. The van der Waals surface area contributed by atoms with Crippen LogP contribution in [0, 0.1) is 0 Å². The Morgan fingerprint density at radius 3 is 2.71 bits per heavy atom. The second-order valence-corrected chi connectivity index (χ2v) is 7.37. The summed E-state index contributed by atoms with van der Waals surface area (Å²) >= 11 is 6.28. The molecule has 1 aliphatic rings. The number of ether oxygens (including phenoxy) is 1. The first-order valence-corrected chi connectivity index (χ1v) is 9.71. The molecular formula is C20H18ClF3N4O3. The van der Waals surface area contributed by atoms with Crippen LogP contribution < -0.4 is 15.4 Å². The highest BCUT2D eigenvalue weighted by Gasteiger charge is 2.48. The minimum atomic E-state index is -4.59. The maximum atomic E-state index is 13.7. The number of carbonyl (C=O) groups excluding carboxylic acids is 1. The van der Waals surface area contributed by atoms with E-state index in [-0.39, 0.29) is 29.5 Å². The first kappa shape index (κ1) is 21.1. The maximum Gasteiger partial charge on any atom is 0.410 e. The number of nitrogens with zero attached hydrogens (tertiary/aromatic N) is 2. The van der Waals surface area contributed by atoms with Gasteiger partial charge in [0.1, 0.15) is 22.4 Å². The molecule has 0 radical (unpaired) electrons. The van der Waals surface area contributed by atoms with Gasteiger partial charge in [0.15, 0.2) is 11.7 Å². The zero-order chi connectivity index (χ0) is 22.2. The highest BCUT2D eigenvalue weighted by Crippen LogP contribution is 2.46. The van der Waals surface area contributed by atoms with Crippen molar-refractivity contribution in [2.24, 2.45) is 0 Å². The Hall–Kier alpha value is -3.14. The number of benzene rings is 1. The molecular weight excluding hydrogens is 437 g/mol. The van der Waals surface area contributed by atoms with E-state index in [9.17, 15) is 18.0 Å². The normalized spacial score (nSPS) is 18.2. The summed E-state index contributed by atoms with van der Waals surface area (Å²) in [6.45, 7) is 0.145. The van der Waals surface area contributed by atoms with Crippen LogP contribution in [0.25, 0.3) is 0 Å². The number of alkyl halides is 3. The summed E-state index contributed by atoms with van der Waals surface area (Å²) in [6.07, 6.45) is -3.56. The molecule has 4 rings (SSSR count). The Morgan fingerprint density at radius 1 is 1.35 bits per heavy atom. The molecule has 0 aliphatic carbocycles. The highest BCUT2D eigenvalue weighted by atomic mass is 35.5. The van der Waals surface area contributed by atoms with Crippen LogP contribution in [-0.4, -0.2) is 29.0 Å². The summed E-state index contributed by atoms with van der Waals surface area (Å²) < 4.78 is 52.3. The van der Waals surface area contributed by atoms with E-state index in [4.69, 9.17) is 20.8 Å². The van der Waals surface area contributed by atoms with Gasteiger partial charge in [-0.1, -0.05) is 23.7 Å². The van der Waals surface area contributed by atoms with Gasteiger partial charge in [-0.25, -0.2) is 4.68 Å². The monoisotopic (exact) mass is 454 g/mol. The van der Waals surface area contributed by atoms with Crippen LogP contribution in [-0.2, 0) is 6.54 Å². The molecule has 0 saturated heterocycles. The second-order valence-electron chi connectivity index (χ2n) is 6.99. The molecule has 2 atom stereocenters. The number of rotatable bonds is 5. The van der Waals surface area contributed by atoms with Crippen LogP contribution in [0.5, 0.6) is 5.75 Å². The molecule has 164 valence electrons. The number of carbonyl (C=O) groups is 1. The first-order valence-electron chi connectivity index (χ1n) is 9.33. The Morgan fingerprint density at radius 2 is 2.10 bits per heavy atom. The van der Waals surface area contributed by atoms with E-state index >= 15 is 0 Å². The van der Waals surface area contributed by atoms with E-state index in [1.165, 1.54) is 13.4 Å².